The van der Waals surface area contributed by atoms with Crippen molar-refractivity contribution in [1.29, 1.82) is 0 Å². The first kappa shape index (κ1) is 31.0. The van der Waals surface area contributed by atoms with Crippen LogP contribution in [0.25, 0.3) is 97.7 Å². The van der Waals surface area contributed by atoms with E-state index in [2.05, 4.69) is 194 Å². The van der Waals surface area contributed by atoms with Gasteiger partial charge in [-0.1, -0.05) is 227 Å². The predicted molar refractivity (Wildman–Crippen MR) is 253 cm³/mol. The summed E-state index contributed by atoms with van der Waals surface area (Å²) in [7, 11) is 0. The maximum Gasteiger partial charge on any atom is 0.245 e. The molecule has 0 spiro atoms. The van der Waals surface area contributed by atoms with E-state index in [1.807, 2.05) is 0 Å². The Morgan fingerprint density at radius 1 is 0.207 bits per heavy atom. The summed E-state index contributed by atoms with van der Waals surface area (Å²) in [5, 5.41) is 18.6. The Morgan fingerprint density at radius 3 is 0.810 bits per heavy atom. The number of fused-ring (bicyclic) bond motifs is 14. The van der Waals surface area contributed by atoms with E-state index in [0.29, 0.717) is 0 Å². The van der Waals surface area contributed by atoms with Crippen LogP contribution in [0.15, 0.2) is 194 Å². The van der Waals surface area contributed by atoms with Crippen LogP contribution in [-0.4, -0.2) is 13.4 Å². The summed E-state index contributed by atoms with van der Waals surface area (Å²) in [5.41, 5.74) is 13.9. The summed E-state index contributed by atoms with van der Waals surface area (Å²) in [6, 6.07) is 74.0. The molecule has 0 amide bonds. The molecule has 0 saturated carbocycles. The lowest BCUT2D eigenvalue weighted by Gasteiger charge is -2.22. The second-order valence-corrected chi connectivity index (χ2v) is 16.6. The minimum atomic E-state index is 0.0950. The highest BCUT2D eigenvalue weighted by molar-refractivity contribution is 7.04. The van der Waals surface area contributed by atoms with Crippen molar-refractivity contribution in [3.63, 3.8) is 0 Å². The van der Waals surface area contributed by atoms with Gasteiger partial charge >= 0.3 is 0 Å². The van der Waals surface area contributed by atoms with Crippen molar-refractivity contribution < 1.29 is 0 Å². The van der Waals surface area contributed by atoms with E-state index in [1.165, 1.54) is 130 Å². The van der Waals surface area contributed by atoms with E-state index in [4.69, 9.17) is 0 Å². The lowest BCUT2D eigenvalue weighted by atomic mass is 9.36. The fraction of sp³-hybridized carbons (Fsp3) is 0. The molecule has 0 nitrogen and oxygen atoms in total. The Labute approximate surface area is 336 Å². The Bertz CT molecular complexity index is 3350. The summed E-state index contributed by atoms with van der Waals surface area (Å²) in [6.45, 7) is 0.190. The molecule has 0 radical (unpaired) electrons. The van der Waals surface area contributed by atoms with E-state index in [0.717, 1.165) is 0 Å². The molecule has 0 unspecified atom stereocenters. The van der Waals surface area contributed by atoms with Gasteiger partial charge in [0.1, 0.15) is 0 Å². The standard InChI is InChI=1S/C56H32B2/c1-5-13-39-33(9-1)19-25-43-44-26-20-34-10-2-6-14-40(34)54(44)57(53(39)43)49-31-23-37-17-18-38-24-32-50(48-30-29-47(49)51(37)52(38)48)58-55-41-15-7-3-11-35(41)21-27-45(55)46-28-22-36-12-4-8-16-42(36)56(46)58/h1-32H. The molecule has 2 heteroatoms. The highest BCUT2D eigenvalue weighted by Gasteiger charge is 2.39. The summed E-state index contributed by atoms with van der Waals surface area (Å²) in [4.78, 5) is 0. The van der Waals surface area contributed by atoms with Gasteiger partial charge in [-0.05, 0) is 97.7 Å². The van der Waals surface area contributed by atoms with Crippen molar-refractivity contribution in [2.75, 3.05) is 0 Å². The van der Waals surface area contributed by atoms with Gasteiger partial charge in [-0.15, -0.1) is 0 Å². The molecule has 0 aliphatic carbocycles. The number of hydrogen-bond acceptors (Lipinski definition) is 0. The zero-order valence-corrected chi connectivity index (χ0v) is 31.6. The van der Waals surface area contributed by atoms with Gasteiger partial charge < -0.3 is 0 Å². The first-order chi connectivity index (χ1) is 28.8. The van der Waals surface area contributed by atoms with Gasteiger partial charge in [-0.25, -0.2) is 0 Å². The third-order valence-electron chi connectivity index (χ3n) is 14.0. The fourth-order valence-electron chi connectivity index (χ4n) is 11.6. The van der Waals surface area contributed by atoms with Crippen molar-refractivity contribution >= 4 is 122 Å². The largest absolute Gasteiger partial charge is 0.245 e. The Kier molecular flexibility index (Phi) is 6.01. The second-order valence-electron chi connectivity index (χ2n) is 16.6. The molecule has 2 aliphatic rings. The second kappa shape index (κ2) is 11.2. The molecule has 14 rings (SSSR count). The summed E-state index contributed by atoms with van der Waals surface area (Å²) in [6.07, 6.45) is 0. The maximum absolute atomic E-state index is 2.47. The molecule has 0 atom stereocenters. The average Bonchev–Trinajstić information content (AvgIpc) is 3.82. The van der Waals surface area contributed by atoms with Crippen molar-refractivity contribution in [2.45, 2.75) is 0 Å². The highest BCUT2D eigenvalue weighted by Crippen LogP contribution is 2.38. The van der Waals surface area contributed by atoms with E-state index in [1.54, 1.807) is 0 Å². The minimum Gasteiger partial charge on any atom is -0.0657 e. The molecule has 0 bridgehead atoms. The third kappa shape index (κ3) is 3.92. The van der Waals surface area contributed by atoms with Crippen LogP contribution in [0.2, 0.25) is 0 Å². The van der Waals surface area contributed by atoms with Crippen LogP contribution < -0.4 is 32.8 Å². The molecular weight excluding hydrogens is 694 g/mol. The normalized spacial score (nSPS) is 13.1. The van der Waals surface area contributed by atoms with Gasteiger partial charge in [-0.2, -0.15) is 0 Å². The predicted octanol–water partition coefficient (Wildman–Crippen LogP) is 10.2. The Balaban J connectivity index is 1.09. The molecule has 2 aliphatic heterocycles. The van der Waals surface area contributed by atoms with Gasteiger partial charge in [0.15, 0.2) is 0 Å². The monoisotopic (exact) mass is 726 g/mol. The quantitative estimate of drug-likeness (QED) is 0.123. The van der Waals surface area contributed by atoms with Crippen LogP contribution in [0.1, 0.15) is 0 Å². The van der Waals surface area contributed by atoms with Crippen LogP contribution in [0, 0.1) is 0 Å². The molecule has 0 N–H and O–H groups in total. The number of benzene rings is 12. The minimum absolute atomic E-state index is 0.0950. The molecular formula is C56H32B2. The Morgan fingerprint density at radius 2 is 0.483 bits per heavy atom. The lowest BCUT2D eigenvalue weighted by Crippen LogP contribution is -2.50. The molecule has 0 aromatic heterocycles. The van der Waals surface area contributed by atoms with Crippen molar-refractivity contribution in [2.24, 2.45) is 0 Å². The van der Waals surface area contributed by atoms with E-state index in [-0.39, 0.29) is 13.4 Å². The van der Waals surface area contributed by atoms with Crippen LogP contribution in [-0.2, 0) is 0 Å². The van der Waals surface area contributed by atoms with Crippen molar-refractivity contribution in [3.05, 3.63) is 194 Å². The average molecular weight is 726 g/mol. The van der Waals surface area contributed by atoms with Crippen molar-refractivity contribution in [1.82, 2.24) is 0 Å². The van der Waals surface area contributed by atoms with Crippen LogP contribution >= 0.6 is 0 Å². The summed E-state index contributed by atoms with van der Waals surface area (Å²) >= 11 is 0. The zero-order chi connectivity index (χ0) is 37.6. The molecule has 12 aromatic carbocycles. The van der Waals surface area contributed by atoms with Gasteiger partial charge in [0.25, 0.3) is 0 Å². The van der Waals surface area contributed by atoms with E-state index >= 15 is 0 Å². The fourth-order valence-corrected chi connectivity index (χ4v) is 11.6. The lowest BCUT2D eigenvalue weighted by molar-refractivity contribution is 1.74. The molecule has 12 aromatic rings. The van der Waals surface area contributed by atoms with Crippen molar-refractivity contribution in [3.8, 4) is 22.3 Å². The first-order valence-electron chi connectivity index (χ1n) is 20.6. The molecule has 262 valence electrons. The van der Waals surface area contributed by atoms with Crippen LogP contribution in [0.4, 0.5) is 0 Å². The van der Waals surface area contributed by atoms with Crippen LogP contribution in [0.3, 0.4) is 0 Å². The van der Waals surface area contributed by atoms with E-state index in [9.17, 15) is 0 Å². The topological polar surface area (TPSA) is 0 Å². The smallest absolute Gasteiger partial charge is 0.0657 e. The number of hydrogen-bond donors (Lipinski definition) is 0. The first-order valence-corrected chi connectivity index (χ1v) is 20.6. The third-order valence-corrected chi connectivity index (χ3v) is 14.0. The summed E-state index contributed by atoms with van der Waals surface area (Å²) < 4.78 is 0. The highest BCUT2D eigenvalue weighted by atomic mass is 14.3. The maximum atomic E-state index is 2.47. The molecule has 2 heterocycles. The Hall–Kier alpha value is -7.15. The van der Waals surface area contributed by atoms with E-state index < -0.39 is 0 Å². The molecule has 58 heavy (non-hydrogen) atoms. The summed E-state index contributed by atoms with van der Waals surface area (Å²) in [5.74, 6) is 0. The van der Waals surface area contributed by atoms with Gasteiger partial charge in [0, 0.05) is 0 Å². The van der Waals surface area contributed by atoms with Gasteiger partial charge in [-0.3, -0.25) is 0 Å². The molecule has 0 saturated heterocycles. The zero-order valence-electron chi connectivity index (χ0n) is 31.6. The van der Waals surface area contributed by atoms with Gasteiger partial charge in [0.2, 0.25) is 13.4 Å². The number of rotatable bonds is 2. The van der Waals surface area contributed by atoms with Gasteiger partial charge in [0.05, 0.1) is 0 Å². The SMILES string of the molecule is c1ccc2c3c(ccc2c1)-c1ccc2ccccc2c1B3c1ccc2ccc3ccc(B4c5c(ccc6ccccc56)-c5ccc6ccccc6c54)c4ccc1c2c34. The van der Waals surface area contributed by atoms with Crippen LogP contribution in [0.5, 0.6) is 0 Å². The molecule has 0 fully saturated rings.